The normalized spacial score (nSPS) is 22.7. The van der Waals surface area contributed by atoms with Gasteiger partial charge in [-0.2, -0.15) is 0 Å². The monoisotopic (exact) mass is 315 g/mol. The lowest BCUT2D eigenvalue weighted by molar-refractivity contribution is -0.136. The molecule has 0 bridgehead atoms. The van der Waals surface area contributed by atoms with Gasteiger partial charge in [0, 0.05) is 37.8 Å². The van der Waals surface area contributed by atoms with Crippen LogP contribution in [0.1, 0.15) is 30.4 Å². The molecule has 124 valence electrons. The number of hydrogen-bond acceptors (Lipinski definition) is 3. The van der Waals surface area contributed by atoms with Gasteiger partial charge < -0.3 is 15.5 Å². The molecule has 1 atom stereocenters. The van der Waals surface area contributed by atoms with Crippen LogP contribution >= 0.6 is 0 Å². The first-order valence-corrected chi connectivity index (χ1v) is 8.38. The van der Waals surface area contributed by atoms with Crippen LogP contribution < -0.4 is 10.6 Å². The van der Waals surface area contributed by atoms with Crippen LogP contribution in [-0.4, -0.2) is 42.4 Å². The van der Waals surface area contributed by atoms with Crippen LogP contribution in [0, 0.1) is 19.8 Å². The Morgan fingerprint density at radius 3 is 2.61 bits per heavy atom. The third-order valence-corrected chi connectivity index (χ3v) is 5.19. The summed E-state index contributed by atoms with van der Waals surface area (Å²) in [6.07, 6.45) is 2.02. The fourth-order valence-electron chi connectivity index (χ4n) is 3.51. The minimum atomic E-state index is -0.225. The molecule has 0 radical (unpaired) electrons. The second-order valence-corrected chi connectivity index (χ2v) is 6.79. The van der Waals surface area contributed by atoms with Gasteiger partial charge in [0.05, 0.1) is 5.92 Å². The quantitative estimate of drug-likeness (QED) is 0.901. The Bertz CT molecular complexity index is 621. The molecule has 5 heteroatoms. The lowest BCUT2D eigenvalue weighted by atomic mass is 10.0. The second-order valence-electron chi connectivity index (χ2n) is 6.79. The van der Waals surface area contributed by atoms with E-state index in [-0.39, 0.29) is 23.8 Å². The van der Waals surface area contributed by atoms with Gasteiger partial charge in [-0.3, -0.25) is 9.59 Å². The van der Waals surface area contributed by atoms with Gasteiger partial charge in [-0.05, 0) is 43.9 Å². The van der Waals surface area contributed by atoms with Gasteiger partial charge in [-0.15, -0.1) is 0 Å². The number of aryl methyl sites for hydroxylation is 1. The predicted octanol–water partition coefficient (Wildman–Crippen LogP) is 1.61. The molecule has 2 fully saturated rings. The number of rotatable bonds is 2. The molecule has 2 heterocycles. The first-order valence-electron chi connectivity index (χ1n) is 8.38. The molecule has 1 aromatic rings. The second kappa shape index (κ2) is 6.32. The van der Waals surface area contributed by atoms with Crippen molar-refractivity contribution in [1.29, 1.82) is 0 Å². The van der Waals surface area contributed by atoms with E-state index in [1.54, 1.807) is 4.90 Å². The number of carbonyl (C=O) groups excluding carboxylic acids is 2. The molecule has 2 N–H and O–H groups in total. The van der Waals surface area contributed by atoms with Crippen molar-refractivity contribution in [2.75, 3.05) is 24.5 Å². The Labute approximate surface area is 137 Å². The van der Waals surface area contributed by atoms with Crippen molar-refractivity contribution in [3.63, 3.8) is 0 Å². The molecule has 23 heavy (non-hydrogen) atoms. The molecule has 3 rings (SSSR count). The van der Waals surface area contributed by atoms with Crippen molar-refractivity contribution < 1.29 is 9.59 Å². The number of nitrogens with two attached hydrogens (primary N) is 1. The van der Waals surface area contributed by atoms with Gasteiger partial charge in [-0.1, -0.05) is 12.1 Å². The number of amides is 2. The van der Waals surface area contributed by atoms with Crippen molar-refractivity contribution in [2.24, 2.45) is 11.7 Å². The molecular weight excluding hydrogens is 290 g/mol. The van der Waals surface area contributed by atoms with Gasteiger partial charge >= 0.3 is 0 Å². The summed E-state index contributed by atoms with van der Waals surface area (Å²) >= 11 is 0. The lowest BCUT2D eigenvalue weighted by Crippen LogP contribution is -2.45. The Morgan fingerprint density at radius 1 is 1.22 bits per heavy atom. The standard InChI is InChI=1S/C18H25N3O2/c1-12-4-3-5-16(13(12)2)21-11-14(10-17(21)22)18(23)20-8-6-15(19)7-9-20/h3-5,14-15H,6-11,19H2,1-2H3. The number of likely N-dealkylation sites (tertiary alicyclic amines) is 1. The SMILES string of the molecule is Cc1cccc(N2CC(C(=O)N3CCC(N)CC3)CC2=O)c1C. The number of piperidine rings is 1. The van der Waals surface area contributed by atoms with Gasteiger partial charge in [0.2, 0.25) is 11.8 Å². The molecule has 0 aromatic heterocycles. The van der Waals surface area contributed by atoms with Crippen molar-refractivity contribution >= 4 is 17.5 Å². The number of carbonyl (C=O) groups is 2. The fraction of sp³-hybridized carbons (Fsp3) is 0.556. The third kappa shape index (κ3) is 3.11. The van der Waals surface area contributed by atoms with E-state index in [0.717, 1.165) is 29.7 Å². The maximum atomic E-state index is 12.7. The highest BCUT2D eigenvalue weighted by atomic mass is 16.2. The largest absolute Gasteiger partial charge is 0.342 e. The summed E-state index contributed by atoms with van der Waals surface area (Å²) in [4.78, 5) is 28.8. The zero-order valence-corrected chi connectivity index (χ0v) is 13.9. The van der Waals surface area contributed by atoms with Crippen molar-refractivity contribution in [2.45, 2.75) is 39.2 Å². The molecule has 1 aromatic carbocycles. The van der Waals surface area contributed by atoms with Crippen molar-refractivity contribution in [1.82, 2.24) is 4.90 Å². The summed E-state index contributed by atoms with van der Waals surface area (Å²) < 4.78 is 0. The molecule has 2 aliphatic rings. The minimum absolute atomic E-state index is 0.0470. The fourth-order valence-corrected chi connectivity index (χ4v) is 3.51. The van der Waals surface area contributed by atoms with Crippen LogP contribution in [0.4, 0.5) is 5.69 Å². The Balaban J connectivity index is 1.72. The number of nitrogens with zero attached hydrogens (tertiary/aromatic N) is 2. The molecule has 5 nitrogen and oxygen atoms in total. The summed E-state index contributed by atoms with van der Waals surface area (Å²) in [5.41, 5.74) is 9.11. The average molecular weight is 315 g/mol. The molecule has 2 aliphatic heterocycles. The van der Waals surface area contributed by atoms with Crippen LogP contribution in [0.3, 0.4) is 0 Å². The molecule has 0 aliphatic carbocycles. The first kappa shape index (κ1) is 16.0. The van der Waals surface area contributed by atoms with E-state index in [0.29, 0.717) is 26.1 Å². The lowest BCUT2D eigenvalue weighted by Gasteiger charge is -2.32. The van der Waals surface area contributed by atoms with Crippen LogP contribution in [0.2, 0.25) is 0 Å². The zero-order chi connectivity index (χ0) is 16.6. The van der Waals surface area contributed by atoms with E-state index < -0.39 is 0 Å². The van der Waals surface area contributed by atoms with E-state index in [1.807, 2.05) is 36.9 Å². The number of hydrogen-bond donors (Lipinski definition) is 1. The van der Waals surface area contributed by atoms with Crippen LogP contribution in [0.5, 0.6) is 0 Å². The van der Waals surface area contributed by atoms with Crippen molar-refractivity contribution in [3.8, 4) is 0 Å². The highest BCUT2D eigenvalue weighted by Gasteiger charge is 2.38. The van der Waals surface area contributed by atoms with Gasteiger partial charge in [0.1, 0.15) is 0 Å². The maximum absolute atomic E-state index is 12.7. The maximum Gasteiger partial charge on any atom is 0.228 e. The summed E-state index contributed by atoms with van der Waals surface area (Å²) in [6, 6.07) is 6.17. The van der Waals surface area contributed by atoms with Crippen LogP contribution in [0.25, 0.3) is 0 Å². The predicted molar refractivity (Wildman–Crippen MR) is 90.2 cm³/mol. The number of anilines is 1. The Morgan fingerprint density at radius 2 is 1.91 bits per heavy atom. The number of benzene rings is 1. The Hall–Kier alpha value is -1.88. The molecule has 1 unspecified atom stereocenters. The molecule has 2 saturated heterocycles. The third-order valence-electron chi connectivity index (χ3n) is 5.19. The highest BCUT2D eigenvalue weighted by molar-refractivity contribution is 6.00. The molecule has 0 saturated carbocycles. The molecular formula is C18H25N3O2. The van der Waals surface area contributed by atoms with E-state index in [2.05, 4.69) is 0 Å². The Kier molecular flexibility index (Phi) is 4.39. The van der Waals surface area contributed by atoms with E-state index >= 15 is 0 Å². The van der Waals surface area contributed by atoms with E-state index in [1.165, 1.54) is 0 Å². The van der Waals surface area contributed by atoms with Crippen molar-refractivity contribution in [3.05, 3.63) is 29.3 Å². The first-order chi connectivity index (χ1) is 11.0. The zero-order valence-electron chi connectivity index (χ0n) is 13.9. The smallest absolute Gasteiger partial charge is 0.228 e. The van der Waals surface area contributed by atoms with Gasteiger partial charge in [0.25, 0.3) is 0 Å². The molecule has 2 amide bonds. The summed E-state index contributed by atoms with van der Waals surface area (Å²) in [5, 5.41) is 0. The van der Waals surface area contributed by atoms with E-state index in [4.69, 9.17) is 5.73 Å². The van der Waals surface area contributed by atoms with Crippen LogP contribution in [0.15, 0.2) is 18.2 Å². The highest BCUT2D eigenvalue weighted by Crippen LogP contribution is 2.30. The van der Waals surface area contributed by atoms with Crippen LogP contribution in [-0.2, 0) is 9.59 Å². The van der Waals surface area contributed by atoms with Gasteiger partial charge in [0.15, 0.2) is 0 Å². The van der Waals surface area contributed by atoms with E-state index in [9.17, 15) is 9.59 Å². The van der Waals surface area contributed by atoms with Gasteiger partial charge in [-0.25, -0.2) is 0 Å². The summed E-state index contributed by atoms with van der Waals surface area (Å²) in [5.74, 6) is -0.0689. The average Bonchev–Trinajstić information content (AvgIpc) is 2.92. The minimum Gasteiger partial charge on any atom is -0.342 e. The summed E-state index contributed by atoms with van der Waals surface area (Å²) in [7, 11) is 0. The summed E-state index contributed by atoms with van der Waals surface area (Å²) in [6.45, 7) is 5.99. The molecule has 0 spiro atoms. The topological polar surface area (TPSA) is 66.6 Å².